The van der Waals surface area contributed by atoms with Gasteiger partial charge in [0, 0.05) is 44.3 Å². The Morgan fingerprint density at radius 2 is 0.380 bits per heavy atom. The third kappa shape index (κ3) is 9.70. The van der Waals surface area contributed by atoms with Gasteiger partial charge in [0.05, 0.1) is 11.4 Å². The minimum Gasteiger partial charge on any atom is -0.309 e. The Hall–Kier alpha value is -12.1. The lowest BCUT2D eigenvalue weighted by Crippen LogP contribution is -2.15. The van der Waals surface area contributed by atoms with Crippen LogP contribution in [-0.2, 0) is 0 Å². The average Bonchev–Trinajstić information content (AvgIpc) is 0.726. The predicted molar refractivity (Wildman–Crippen MR) is 393 cm³/mol. The Balaban J connectivity index is 0.949. The third-order valence-electron chi connectivity index (χ3n) is 18.6. The lowest BCUT2D eigenvalue weighted by Gasteiger charge is -2.33. The number of hydrogen-bond donors (Lipinski definition) is 0. The molecule has 430 valence electrons. The quantitative estimate of drug-likeness (QED) is 0.0889. The molecule has 17 aromatic carbocycles. The van der Waals surface area contributed by atoms with Gasteiger partial charge in [0.15, 0.2) is 0 Å². The second-order valence-corrected chi connectivity index (χ2v) is 23.9. The summed E-state index contributed by atoms with van der Waals surface area (Å²) in [5.41, 5.74) is 20.4. The summed E-state index contributed by atoms with van der Waals surface area (Å²) >= 11 is 0. The van der Waals surface area contributed by atoms with E-state index in [0.717, 1.165) is 100 Å². The standard InChI is InChI=1S/C90H60N2/c1-3-19-61(20-4-1)71-47-57-85-87(59-71)89(91(73-49-39-67(40-50-73)81-35-15-27-63-23-7-11-31-77(63)81)74-51-41-68(42-52-74)82-36-16-28-64-24-8-12-32-78(64)82)86-58-48-72(62-21-5-2-6-22-62)60-88(86)90(85)92(75-53-43-69(44-54-75)83-37-17-29-65-25-9-13-33-79(65)83)76-55-45-70(46-56-76)84-38-18-30-66-26-10-14-34-80(66)84/h1-60H. The summed E-state index contributed by atoms with van der Waals surface area (Å²) in [5.74, 6) is 0. The van der Waals surface area contributed by atoms with Crippen LogP contribution in [0.3, 0.4) is 0 Å². The fourth-order valence-corrected chi connectivity index (χ4v) is 14.2. The van der Waals surface area contributed by atoms with Gasteiger partial charge in [-0.25, -0.2) is 0 Å². The van der Waals surface area contributed by atoms with E-state index in [1.54, 1.807) is 0 Å². The number of benzene rings is 17. The molecule has 0 heterocycles. The molecular weight excluding hydrogens is 1110 g/mol. The van der Waals surface area contributed by atoms with Crippen molar-refractivity contribution in [2.45, 2.75) is 0 Å². The number of rotatable bonds is 12. The topological polar surface area (TPSA) is 6.48 Å². The molecule has 17 rings (SSSR count). The molecule has 0 fully saturated rings. The van der Waals surface area contributed by atoms with Crippen LogP contribution in [0.15, 0.2) is 364 Å². The molecule has 0 N–H and O–H groups in total. The van der Waals surface area contributed by atoms with Gasteiger partial charge in [0.2, 0.25) is 0 Å². The molecule has 0 aromatic heterocycles. The van der Waals surface area contributed by atoms with Crippen LogP contribution in [-0.4, -0.2) is 0 Å². The summed E-state index contributed by atoms with van der Waals surface area (Å²) in [5, 5.41) is 14.3. The van der Waals surface area contributed by atoms with Gasteiger partial charge in [0.1, 0.15) is 0 Å². The number of nitrogens with zero attached hydrogens (tertiary/aromatic N) is 2. The van der Waals surface area contributed by atoms with Crippen molar-refractivity contribution >= 4 is 98.8 Å². The van der Waals surface area contributed by atoms with E-state index in [-0.39, 0.29) is 0 Å². The van der Waals surface area contributed by atoms with Crippen molar-refractivity contribution in [3.8, 4) is 66.8 Å². The van der Waals surface area contributed by atoms with Crippen LogP contribution in [0.25, 0.3) is 131 Å². The Kier molecular flexibility index (Phi) is 13.6. The highest BCUT2D eigenvalue weighted by atomic mass is 15.2. The molecule has 2 heteroatoms. The van der Waals surface area contributed by atoms with E-state index >= 15 is 0 Å². The molecule has 0 saturated heterocycles. The molecule has 0 unspecified atom stereocenters. The molecule has 2 nitrogen and oxygen atoms in total. The van der Waals surface area contributed by atoms with Crippen molar-refractivity contribution in [3.63, 3.8) is 0 Å². The molecule has 92 heavy (non-hydrogen) atoms. The van der Waals surface area contributed by atoms with Crippen molar-refractivity contribution in [1.29, 1.82) is 0 Å². The predicted octanol–water partition coefficient (Wildman–Crippen LogP) is 25.5. The largest absolute Gasteiger partial charge is 0.309 e. The van der Waals surface area contributed by atoms with Crippen LogP contribution in [0.4, 0.5) is 34.1 Å². The minimum absolute atomic E-state index is 1.05. The monoisotopic (exact) mass is 1170 g/mol. The Morgan fingerprint density at radius 1 is 0.141 bits per heavy atom. The summed E-state index contributed by atoms with van der Waals surface area (Å²) in [6.45, 7) is 0. The summed E-state index contributed by atoms with van der Waals surface area (Å²) in [7, 11) is 0. The van der Waals surface area contributed by atoms with E-state index in [9.17, 15) is 0 Å². The SMILES string of the molecule is c1ccc(-c2ccc3c(N(c4ccc(-c5cccc6ccccc56)cc4)c4ccc(-c5cccc6ccccc56)cc4)c4cc(-c5ccccc5)ccc4c(N(c4ccc(-c5cccc6ccccc56)cc4)c4ccc(-c5cccc6ccccc56)cc4)c3c2)cc1. The van der Waals surface area contributed by atoms with Gasteiger partial charge >= 0.3 is 0 Å². The second-order valence-electron chi connectivity index (χ2n) is 23.9. The Bertz CT molecular complexity index is 4980. The van der Waals surface area contributed by atoms with E-state index in [1.165, 1.54) is 65.3 Å². The van der Waals surface area contributed by atoms with Crippen molar-refractivity contribution in [2.75, 3.05) is 9.80 Å². The maximum atomic E-state index is 2.52. The summed E-state index contributed by atoms with van der Waals surface area (Å²) in [4.78, 5) is 5.04. The second kappa shape index (κ2) is 23.1. The lowest BCUT2D eigenvalue weighted by molar-refractivity contribution is 1.29. The molecule has 0 aliphatic carbocycles. The van der Waals surface area contributed by atoms with Gasteiger partial charge in [0.25, 0.3) is 0 Å². The van der Waals surface area contributed by atoms with Gasteiger partial charge in [-0.05, 0) is 171 Å². The first-order chi connectivity index (χ1) is 45.6. The molecule has 0 bridgehead atoms. The van der Waals surface area contributed by atoms with Crippen molar-refractivity contribution < 1.29 is 0 Å². The fourth-order valence-electron chi connectivity index (χ4n) is 14.2. The fraction of sp³-hybridized carbons (Fsp3) is 0. The zero-order chi connectivity index (χ0) is 60.9. The first-order valence-corrected chi connectivity index (χ1v) is 31.7. The van der Waals surface area contributed by atoms with Crippen LogP contribution in [0.5, 0.6) is 0 Å². The molecule has 0 aliphatic rings. The van der Waals surface area contributed by atoms with Crippen LogP contribution in [0.1, 0.15) is 0 Å². The highest BCUT2D eigenvalue weighted by Crippen LogP contribution is 2.53. The smallest absolute Gasteiger partial charge is 0.0620 e. The van der Waals surface area contributed by atoms with E-state index in [2.05, 4.69) is 374 Å². The average molecular weight is 1170 g/mol. The van der Waals surface area contributed by atoms with Gasteiger partial charge in [-0.15, -0.1) is 0 Å². The van der Waals surface area contributed by atoms with E-state index in [1.807, 2.05) is 0 Å². The highest BCUT2D eigenvalue weighted by Gasteiger charge is 2.28. The van der Waals surface area contributed by atoms with E-state index in [4.69, 9.17) is 0 Å². The Morgan fingerprint density at radius 3 is 0.663 bits per heavy atom. The maximum absolute atomic E-state index is 2.52. The molecule has 0 saturated carbocycles. The summed E-state index contributed by atoms with van der Waals surface area (Å²) < 4.78 is 0. The van der Waals surface area contributed by atoms with Crippen LogP contribution >= 0.6 is 0 Å². The summed E-state index contributed by atoms with van der Waals surface area (Å²) in [6, 6.07) is 134. The first kappa shape index (κ1) is 54.1. The van der Waals surface area contributed by atoms with Crippen LogP contribution in [0, 0.1) is 0 Å². The zero-order valence-electron chi connectivity index (χ0n) is 50.5. The number of fused-ring (bicyclic) bond motifs is 6. The lowest BCUT2D eigenvalue weighted by atomic mass is 9.90. The first-order valence-electron chi connectivity index (χ1n) is 31.7. The normalized spacial score (nSPS) is 11.5. The van der Waals surface area contributed by atoms with Gasteiger partial charge < -0.3 is 9.80 Å². The maximum Gasteiger partial charge on any atom is 0.0620 e. The minimum atomic E-state index is 1.05. The molecule has 0 atom stereocenters. The molecule has 0 spiro atoms. The number of hydrogen-bond acceptors (Lipinski definition) is 2. The van der Waals surface area contributed by atoms with Crippen molar-refractivity contribution in [3.05, 3.63) is 364 Å². The van der Waals surface area contributed by atoms with Gasteiger partial charge in [-0.3, -0.25) is 0 Å². The molecular formula is C90H60N2. The molecule has 0 amide bonds. The number of anilines is 6. The van der Waals surface area contributed by atoms with Gasteiger partial charge in [-0.1, -0.05) is 303 Å². The Labute approximate surface area is 536 Å². The van der Waals surface area contributed by atoms with Crippen molar-refractivity contribution in [2.24, 2.45) is 0 Å². The van der Waals surface area contributed by atoms with Crippen LogP contribution in [0.2, 0.25) is 0 Å². The molecule has 0 aliphatic heterocycles. The van der Waals surface area contributed by atoms with Gasteiger partial charge in [-0.2, -0.15) is 0 Å². The highest BCUT2D eigenvalue weighted by molar-refractivity contribution is 6.24. The summed E-state index contributed by atoms with van der Waals surface area (Å²) in [6.07, 6.45) is 0. The van der Waals surface area contributed by atoms with E-state index < -0.39 is 0 Å². The molecule has 17 aromatic rings. The van der Waals surface area contributed by atoms with Crippen molar-refractivity contribution in [1.82, 2.24) is 0 Å². The van der Waals surface area contributed by atoms with E-state index in [0.29, 0.717) is 0 Å². The zero-order valence-corrected chi connectivity index (χ0v) is 50.5. The van der Waals surface area contributed by atoms with Crippen LogP contribution < -0.4 is 9.80 Å². The third-order valence-corrected chi connectivity index (χ3v) is 18.6. The molecule has 0 radical (unpaired) electrons.